The van der Waals surface area contributed by atoms with Gasteiger partial charge in [-0.3, -0.25) is 9.35 Å². The Hall–Kier alpha value is -1.97. The molecule has 0 aliphatic heterocycles. The first-order valence-electron chi connectivity index (χ1n) is 5.80. The minimum atomic E-state index is -4.55. The van der Waals surface area contributed by atoms with E-state index in [2.05, 4.69) is 0 Å². The summed E-state index contributed by atoms with van der Waals surface area (Å²) in [6.07, 6.45) is -1.09. The predicted molar refractivity (Wildman–Crippen MR) is 72.2 cm³/mol. The topological polar surface area (TPSA) is 130 Å². The van der Waals surface area contributed by atoms with Gasteiger partial charge >= 0.3 is 5.97 Å². The molecule has 3 N–H and O–H groups in total. The van der Waals surface area contributed by atoms with E-state index in [0.29, 0.717) is 5.56 Å². The van der Waals surface area contributed by atoms with Crippen molar-refractivity contribution in [2.45, 2.75) is 12.1 Å². The molecule has 0 spiro atoms. The molecule has 116 valence electrons. The molecular weight excluding hydrogens is 302 g/mol. The van der Waals surface area contributed by atoms with Gasteiger partial charge in [0.1, 0.15) is 11.8 Å². The highest BCUT2D eigenvalue weighted by Crippen LogP contribution is 2.16. The molecule has 0 aliphatic rings. The lowest BCUT2D eigenvalue weighted by molar-refractivity contribution is -0.143. The highest BCUT2D eigenvalue weighted by Gasteiger charge is 2.29. The van der Waals surface area contributed by atoms with Crippen molar-refractivity contribution in [2.24, 2.45) is 0 Å². The van der Waals surface area contributed by atoms with E-state index < -0.39 is 39.9 Å². The maximum atomic E-state index is 12.0. The van der Waals surface area contributed by atoms with Gasteiger partial charge in [-0.1, -0.05) is 30.3 Å². The molecule has 1 aromatic carbocycles. The molecule has 0 radical (unpaired) electrons. The minimum absolute atomic E-state index is 0.480. The number of carboxylic acids is 1. The lowest BCUT2D eigenvalue weighted by Gasteiger charge is -2.19. The Labute approximate surface area is 121 Å². The van der Waals surface area contributed by atoms with Crippen LogP contribution < -0.4 is 5.32 Å². The minimum Gasteiger partial charge on any atom is -0.480 e. The van der Waals surface area contributed by atoms with Crippen molar-refractivity contribution in [3.05, 3.63) is 35.9 Å². The zero-order chi connectivity index (χ0) is 16.0. The molecule has 21 heavy (non-hydrogen) atoms. The van der Waals surface area contributed by atoms with Crippen LogP contribution in [-0.4, -0.2) is 48.9 Å². The van der Waals surface area contributed by atoms with Crippen LogP contribution in [0.15, 0.2) is 30.3 Å². The monoisotopic (exact) mass is 317 g/mol. The lowest BCUT2D eigenvalue weighted by atomic mass is 10.1. The summed E-state index contributed by atoms with van der Waals surface area (Å²) in [5, 5.41) is 10.9. The van der Waals surface area contributed by atoms with Gasteiger partial charge in [0.05, 0.1) is 0 Å². The predicted octanol–water partition coefficient (Wildman–Crippen LogP) is -0.169. The fourth-order valence-corrected chi connectivity index (χ4v) is 2.30. The molecular formula is C12H15NO7S. The summed E-state index contributed by atoms with van der Waals surface area (Å²) in [5.41, 5.74) is 0.480. The molecule has 0 aliphatic carbocycles. The SMILES string of the molecule is COC(C(=O)NC(CS(=O)(=O)O)C(=O)O)c1ccccc1. The molecule has 0 aromatic heterocycles. The highest BCUT2D eigenvalue weighted by molar-refractivity contribution is 7.85. The van der Waals surface area contributed by atoms with Gasteiger partial charge in [-0.2, -0.15) is 8.42 Å². The summed E-state index contributed by atoms with van der Waals surface area (Å²) in [6, 6.07) is 6.50. The summed E-state index contributed by atoms with van der Waals surface area (Å²) >= 11 is 0. The highest BCUT2D eigenvalue weighted by atomic mass is 32.2. The van der Waals surface area contributed by atoms with E-state index in [9.17, 15) is 18.0 Å². The summed E-state index contributed by atoms with van der Waals surface area (Å²) in [4.78, 5) is 22.9. The molecule has 0 saturated carbocycles. The van der Waals surface area contributed by atoms with E-state index in [1.54, 1.807) is 30.3 Å². The Morgan fingerprint density at radius 2 is 1.86 bits per heavy atom. The van der Waals surface area contributed by atoms with Crippen molar-refractivity contribution in [3.63, 3.8) is 0 Å². The first-order valence-corrected chi connectivity index (χ1v) is 7.41. The zero-order valence-electron chi connectivity index (χ0n) is 11.1. The van der Waals surface area contributed by atoms with Gasteiger partial charge in [0.15, 0.2) is 6.10 Å². The second-order valence-electron chi connectivity index (χ2n) is 4.17. The van der Waals surface area contributed by atoms with Gasteiger partial charge in [-0.25, -0.2) is 4.79 Å². The number of carbonyl (C=O) groups excluding carboxylic acids is 1. The summed E-state index contributed by atoms with van der Waals surface area (Å²) in [7, 11) is -3.29. The van der Waals surface area contributed by atoms with Crippen molar-refractivity contribution < 1.29 is 32.4 Å². The number of aliphatic carboxylic acids is 1. The third-order valence-electron chi connectivity index (χ3n) is 2.57. The summed E-state index contributed by atoms with van der Waals surface area (Å²) in [5.74, 6) is -3.53. The van der Waals surface area contributed by atoms with Crippen molar-refractivity contribution in [2.75, 3.05) is 12.9 Å². The van der Waals surface area contributed by atoms with Gasteiger partial charge in [0.25, 0.3) is 16.0 Å². The van der Waals surface area contributed by atoms with E-state index in [0.717, 1.165) is 0 Å². The van der Waals surface area contributed by atoms with Crippen LogP contribution in [-0.2, 0) is 24.4 Å². The van der Waals surface area contributed by atoms with E-state index in [1.807, 2.05) is 5.32 Å². The second kappa shape index (κ2) is 7.16. The largest absolute Gasteiger partial charge is 0.480 e. The number of methoxy groups -OCH3 is 1. The zero-order valence-corrected chi connectivity index (χ0v) is 11.9. The van der Waals surface area contributed by atoms with Crippen molar-refractivity contribution in [1.29, 1.82) is 0 Å². The number of ether oxygens (including phenoxy) is 1. The van der Waals surface area contributed by atoms with Crippen molar-refractivity contribution in [1.82, 2.24) is 5.32 Å². The first-order chi connectivity index (χ1) is 9.74. The van der Waals surface area contributed by atoms with Crippen molar-refractivity contribution in [3.8, 4) is 0 Å². The number of benzene rings is 1. The van der Waals surface area contributed by atoms with Crippen LogP contribution >= 0.6 is 0 Å². The van der Waals surface area contributed by atoms with E-state index in [-0.39, 0.29) is 0 Å². The molecule has 0 fully saturated rings. The molecule has 2 unspecified atom stereocenters. The van der Waals surface area contributed by atoms with E-state index in [4.69, 9.17) is 14.4 Å². The third-order valence-corrected chi connectivity index (χ3v) is 3.32. The van der Waals surface area contributed by atoms with E-state index in [1.165, 1.54) is 7.11 Å². The molecule has 2 atom stereocenters. The molecule has 1 aromatic rings. The molecule has 0 saturated heterocycles. The Kier molecular flexibility index (Phi) is 5.82. The molecule has 1 amide bonds. The van der Waals surface area contributed by atoms with Crippen LogP contribution in [0.4, 0.5) is 0 Å². The molecule has 1 rings (SSSR count). The van der Waals surface area contributed by atoms with Gasteiger partial charge in [0, 0.05) is 7.11 Å². The molecule has 0 heterocycles. The van der Waals surface area contributed by atoms with Crippen molar-refractivity contribution >= 4 is 22.0 Å². The Balaban J connectivity index is 2.87. The van der Waals surface area contributed by atoms with Gasteiger partial charge in [-0.05, 0) is 5.56 Å². The number of carbonyl (C=O) groups is 2. The van der Waals surface area contributed by atoms with Crippen LogP contribution in [0.5, 0.6) is 0 Å². The fraction of sp³-hybridized carbons (Fsp3) is 0.333. The summed E-state index contributed by atoms with van der Waals surface area (Å²) < 4.78 is 35.2. The maximum absolute atomic E-state index is 12.0. The number of hydrogen-bond donors (Lipinski definition) is 3. The number of rotatable bonds is 7. The van der Waals surface area contributed by atoms with Gasteiger partial charge in [-0.15, -0.1) is 0 Å². The Bertz CT molecular complexity index is 599. The number of carboxylic acid groups (broad SMARTS) is 1. The third kappa shape index (κ3) is 5.50. The quantitative estimate of drug-likeness (QED) is 0.595. The average molecular weight is 317 g/mol. The van der Waals surface area contributed by atoms with Crippen LogP contribution in [0.1, 0.15) is 11.7 Å². The normalized spacial score (nSPS) is 14.2. The smallest absolute Gasteiger partial charge is 0.327 e. The number of amides is 1. The number of hydrogen-bond acceptors (Lipinski definition) is 5. The van der Waals surface area contributed by atoms with Crippen LogP contribution in [0.2, 0.25) is 0 Å². The first kappa shape index (κ1) is 17.1. The van der Waals surface area contributed by atoms with Gasteiger partial charge in [0.2, 0.25) is 0 Å². The number of nitrogens with one attached hydrogen (secondary N) is 1. The molecule has 0 bridgehead atoms. The van der Waals surface area contributed by atoms with Crippen LogP contribution in [0.25, 0.3) is 0 Å². The lowest BCUT2D eigenvalue weighted by Crippen LogP contribution is -2.47. The maximum Gasteiger partial charge on any atom is 0.327 e. The molecule has 9 heteroatoms. The average Bonchev–Trinajstić information content (AvgIpc) is 2.38. The van der Waals surface area contributed by atoms with Crippen LogP contribution in [0.3, 0.4) is 0 Å². The van der Waals surface area contributed by atoms with E-state index >= 15 is 0 Å². The van der Waals surface area contributed by atoms with Gasteiger partial charge < -0.3 is 15.2 Å². The summed E-state index contributed by atoms with van der Waals surface area (Å²) in [6.45, 7) is 0. The Morgan fingerprint density at radius 3 is 2.29 bits per heavy atom. The fourth-order valence-electron chi connectivity index (χ4n) is 1.66. The standard InChI is InChI=1S/C12H15NO7S/c1-20-10(8-5-3-2-4-6-8)11(14)13-9(12(15)16)7-21(17,18)19/h2-6,9-10H,7H2,1H3,(H,13,14)(H,15,16)(H,17,18,19). The molecule has 8 nitrogen and oxygen atoms in total. The Morgan fingerprint density at radius 1 is 1.29 bits per heavy atom. The second-order valence-corrected chi connectivity index (χ2v) is 5.67. The van der Waals surface area contributed by atoms with Crippen LogP contribution in [0, 0.1) is 0 Å².